The molecule has 6 heteroatoms. The normalized spacial score (nSPS) is 18.6. The predicted octanol–water partition coefficient (Wildman–Crippen LogP) is 1.11. The van der Waals surface area contributed by atoms with E-state index in [-0.39, 0.29) is 16.1 Å². The third-order valence-electron chi connectivity index (χ3n) is 3.15. The Kier molecular flexibility index (Phi) is 3.16. The summed E-state index contributed by atoms with van der Waals surface area (Å²) in [7, 11) is 0. The van der Waals surface area contributed by atoms with E-state index >= 15 is 0 Å². The second-order valence-corrected chi connectivity index (χ2v) is 4.62. The largest absolute Gasteiger partial charge is 0.376 e. The summed E-state index contributed by atoms with van der Waals surface area (Å²) < 4.78 is 0. The minimum atomic E-state index is -0.378. The highest BCUT2D eigenvalue weighted by Gasteiger charge is 2.32. The summed E-state index contributed by atoms with van der Waals surface area (Å²) >= 11 is 5.90. The van der Waals surface area contributed by atoms with Gasteiger partial charge in [0.25, 0.3) is 5.56 Å². The van der Waals surface area contributed by atoms with Crippen molar-refractivity contribution in [3.63, 3.8) is 0 Å². The zero-order chi connectivity index (χ0) is 11.6. The number of halogens is 1. The Morgan fingerprint density at radius 2 is 2.25 bits per heavy atom. The maximum Gasteiger partial charge on any atom is 0.285 e. The lowest BCUT2D eigenvalue weighted by molar-refractivity contribution is 0.493. The second-order valence-electron chi connectivity index (χ2n) is 4.24. The molecule has 1 aromatic rings. The molecule has 1 saturated carbocycles. The van der Waals surface area contributed by atoms with Crippen LogP contribution in [0.3, 0.4) is 0 Å². The number of anilines is 1. The molecule has 1 aliphatic carbocycles. The van der Waals surface area contributed by atoms with Crippen LogP contribution in [0, 0.1) is 0 Å². The van der Waals surface area contributed by atoms with Gasteiger partial charge in [-0.05, 0) is 12.8 Å². The van der Waals surface area contributed by atoms with Crippen molar-refractivity contribution in [2.75, 3.05) is 11.9 Å². The molecule has 1 fully saturated rings. The van der Waals surface area contributed by atoms with Crippen LogP contribution in [-0.4, -0.2) is 22.3 Å². The summed E-state index contributed by atoms with van der Waals surface area (Å²) in [5.41, 5.74) is 5.86. The molecule has 0 amide bonds. The summed E-state index contributed by atoms with van der Waals surface area (Å²) in [6.07, 6.45) is 5.84. The quantitative estimate of drug-likeness (QED) is 0.741. The van der Waals surface area contributed by atoms with E-state index in [4.69, 9.17) is 17.3 Å². The van der Waals surface area contributed by atoms with Crippen LogP contribution in [0.25, 0.3) is 0 Å². The Balaban J connectivity index is 2.26. The van der Waals surface area contributed by atoms with Gasteiger partial charge in [0, 0.05) is 12.1 Å². The minimum Gasteiger partial charge on any atom is -0.376 e. The summed E-state index contributed by atoms with van der Waals surface area (Å²) in [5.74, 6) is 0. The van der Waals surface area contributed by atoms with E-state index in [1.165, 1.54) is 6.20 Å². The number of rotatable bonds is 3. The zero-order valence-electron chi connectivity index (χ0n) is 8.92. The standard InChI is InChI=1S/C10H15ClN4O/c11-8-7(5-13-15-9(8)16)14-10(6-12)3-1-2-4-10/h5H,1-4,6,12H2,(H2,14,15,16). The van der Waals surface area contributed by atoms with E-state index in [2.05, 4.69) is 15.5 Å². The summed E-state index contributed by atoms with van der Waals surface area (Å²) in [6, 6.07) is 0. The maximum atomic E-state index is 11.3. The van der Waals surface area contributed by atoms with Crippen molar-refractivity contribution in [3.05, 3.63) is 21.6 Å². The fourth-order valence-electron chi connectivity index (χ4n) is 2.19. The van der Waals surface area contributed by atoms with Gasteiger partial charge >= 0.3 is 0 Å². The summed E-state index contributed by atoms with van der Waals surface area (Å²) in [5, 5.41) is 9.44. The van der Waals surface area contributed by atoms with Gasteiger partial charge in [0.15, 0.2) is 0 Å². The van der Waals surface area contributed by atoms with Crippen LogP contribution >= 0.6 is 11.6 Å². The van der Waals surface area contributed by atoms with E-state index in [9.17, 15) is 4.79 Å². The predicted molar refractivity (Wildman–Crippen MR) is 63.7 cm³/mol. The molecule has 0 unspecified atom stereocenters. The lowest BCUT2D eigenvalue weighted by Gasteiger charge is -2.29. The molecule has 5 nitrogen and oxygen atoms in total. The fourth-order valence-corrected chi connectivity index (χ4v) is 2.33. The van der Waals surface area contributed by atoms with Gasteiger partial charge in [-0.25, -0.2) is 5.10 Å². The molecule has 0 atom stereocenters. The van der Waals surface area contributed by atoms with Gasteiger partial charge in [0.05, 0.1) is 11.9 Å². The fraction of sp³-hybridized carbons (Fsp3) is 0.600. The third-order valence-corrected chi connectivity index (χ3v) is 3.52. The van der Waals surface area contributed by atoms with Crippen molar-refractivity contribution in [2.24, 2.45) is 5.73 Å². The molecule has 1 aromatic heterocycles. The lowest BCUT2D eigenvalue weighted by atomic mass is 9.97. The number of nitrogens with two attached hydrogens (primary N) is 1. The smallest absolute Gasteiger partial charge is 0.285 e. The van der Waals surface area contributed by atoms with Crippen molar-refractivity contribution in [3.8, 4) is 0 Å². The van der Waals surface area contributed by atoms with Gasteiger partial charge in [-0.2, -0.15) is 5.10 Å². The van der Waals surface area contributed by atoms with Crippen LogP contribution < -0.4 is 16.6 Å². The lowest BCUT2D eigenvalue weighted by Crippen LogP contribution is -2.43. The van der Waals surface area contributed by atoms with Gasteiger partial charge in [-0.3, -0.25) is 4.79 Å². The molecular formula is C10H15ClN4O. The van der Waals surface area contributed by atoms with Crippen LogP contribution in [0.2, 0.25) is 5.02 Å². The maximum absolute atomic E-state index is 11.3. The van der Waals surface area contributed by atoms with Crippen LogP contribution in [0.15, 0.2) is 11.0 Å². The number of H-pyrrole nitrogens is 1. The highest BCUT2D eigenvalue weighted by Crippen LogP contribution is 2.33. The van der Waals surface area contributed by atoms with Crippen LogP contribution in [0.1, 0.15) is 25.7 Å². The Morgan fingerprint density at radius 3 is 2.88 bits per heavy atom. The monoisotopic (exact) mass is 242 g/mol. The first-order chi connectivity index (χ1) is 7.67. The van der Waals surface area contributed by atoms with Crippen molar-refractivity contribution in [2.45, 2.75) is 31.2 Å². The van der Waals surface area contributed by atoms with E-state index < -0.39 is 0 Å². The molecule has 88 valence electrons. The topological polar surface area (TPSA) is 83.8 Å². The second kappa shape index (κ2) is 4.43. The van der Waals surface area contributed by atoms with E-state index in [0.717, 1.165) is 25.7 Å². The van der Waals surface area contributed by atoms with Crippen molar-refractivity contribution >= 4 is 17.3 Å². The molecule has 0 radical (unpaired) electrons. The highest BCUT2D eigenvalue weighted by atomic mass is 35.5. The zero-order valence-corrected chi connectivity index (χ0v) is 9.68. The van der Waals surface area contributed by atoms with Gasteiger partial charge in [0.1, 0.15) is 5.02 Å². The van der Waals surface area contributed by atoms with Crippen molar-refractivity contribution in [1.82, 2.24) is 10.2 Å². The Morgan fingerprint density at radius 1 is 1.56 bits per heavy atom. The van der Waals surface area contributed by atoms with E-state index in [1.807, 2.05) is 0 Å². The molecule has 1 aliphatic rings. The SMILES string of the molecule is NCC1(Nc2cn[nH]c(=O)c2Cl)CCCC1. The number of nitrogens with one attached hydrogen (secondary N) is 2. The first-order valence-electron chi connectivity index (χ1n) is 5.38. The number of nitrogens with zero attached hydrogens (tertiary/aromatic N) is 1. The number of hydrogen-bond donors (Lipinski definition) is 3. The molecule has 0 spiro atoms. The molecule has 0 bridgehead atoms. The Labute approximate surface area is 98.4 Å². The molecular weight excluding hydrogens is 228 g/mol. The molecule has 0 aliphatic heterocycles. The highest BCUT2D eigenvalue weighted by molar-refractivity contribution is 6.32. The summed E-state index contributed by atoms with van der Waals surface area (Å²) in [4.78, 5) is 11.3. The third kappa shape index (κ3) is 2.05. The van der Waals surface area contributed by atoms with Crippen molar-refractivity contribution < 1.29 is 0 Å². The van der Waals surface area contributed by atoms with Gasteiger partial charge < -0.3 is 11.1 Å². The average Bonchev–Trinajstić information content (AvgIpc) is 2.74. The summed E-state index contributed by atoms with van der Waals surface area (Å²) in [6.45, 7) is 0.538. The Bertz CT molecular complexity index is 425. The molecule has 0 aromatic carbocycles. The number of hydrogen-bond acceptors (Lipinski definition) is 4. The molecule has 2 rings (SSSR count). The Hall–Kier alpha value is -1.07. The minimum absolute atomic E-state index is 0.126. The van der Waals surface area contributed by atoms with Crippen molar-refractivity contribution in [1.29, 1.82) is 0 Å². The van der Waals surface area contributed by atoms with Gasteiger partial charge in [-0.1, -0.05) is 24.4 Å². The molecule has 1 heterocycles. The first kappa shape index (κ1) is 11.4. The number of aromatic nitrogens is 2. The molecule has 0 saturated heterocycles. The van der Waals surface area contributed by atoms with Crippen LogP contribution in [-0.2, 0) is 0 Å². The number of aromatic amines is 1. The van der Waals surface area contributed by atoms with Crippen LogP contribution in [0.5, 0.6) is 0 Å². The van der Waals surface area contributed by atoms with Gasteiger partial charge in [0.2, 0.25) is 0 Å². The van der Waals surface area contributed by atoms with E-state index in [1.54, 1.807) is 0 Å². The van der Waals surface area contributed by atoms with E-state index in [0.29, 0.717) is 12.2 Å². The van der Waals surface area contributed by atoms with Crippen LogP contribution in [0.4, 0.5) is 5.69 Å². The molecule has 16 heavy (non-hydrogen) atoms. The average molecular weight is 243 g/mol. The van der Waals surface area contributed by atoms with Gasteiger partial charge in [-0.15, -0.1) is 0 Å². The first-order valence-corrected chi connectivity index (χ1v) is 5.76. The molecule has 4 N–H and O–H groups in total.